The summed E-state index contributed by atoms with van der Waals surface area (Å²) in [6.45, 7) is 0.0497. The second-order valence-electron chi connectivity index (χ2n) is 5.54. The van der Waals surface area contributed by atoms with Crippen molar-refractivity contribution in [3.63, 3.8) is 0 Å². The van der Waals surface area contributed by atoms with Gasteiger partial charge < -0.3 is 20.9 Å². The van der Waals surface area contributed by atoms with E-state index in [-0.39, 0.29) is 12.6 Å². The van der Waals surface area contributed by atoms with Crippen LogP contribution >= 0.6 is 0 Å². The van der Waals surface area contributed by atoms with Gasteiger partial charge in [-0.3, -0.25) is 0 Å². The molecule has 2 heterocycles. The van der Waals surface area contributed by atoms with Gasteiger partial charge >= 0.3 is 0 Å². The smallest absolute Gasteiger partial charge is 0.221 e. The number of nitrogens with zero attached hydrogens (tertiary/aromatic N) is 3. The molecule has 8 heteroatoms. The Bertz CT molecular complexity index is 920. The van der Waals surface area contributed by atoms with Crippen LogP contribution in [0.2, 0.25) is 0 Å². The molecule has 0 bridgehead atoms. The van der Waals surface area contributed by atoms with Crippen LogP contribution in [0.4, 0.5) is 16.2 Å². The van der Waals surface area contributed by atoms with Crippen molar-refractivity contribution < 1.29 is 13.9 Å². The van der Waals surface area contributed by atoms with Crippen LogP contribution < -0.4 is 20.9 Å². The van der Waals surface area contributed by atoms with E-state index in [1.54, 1.807) is 24.4 Å². The van der Waals surface area contributed by atoms with Crippen molar-refractivity contribution in [2.75, 3.05) is 18.6 Å². The number of nitrogen functional groups attached to an aromatic ring is 2. The first-order valence-electron chi connectivity index (χ1n) is 7.83. The molecule has 26 heavy (non-hydrogen) atoms. The van der Waals surface area contributed by atoms with Crippen molar-refractivity contribution in [3.8, 4) is 11.5 Å². The summed E-state index contributed by atoms with van der Waals surface area (Å²) >= 11 is 0. The molecule has 0 saturated heterocycles. The molecule has 2 aromatic heterocycles. The molecule has 4 N–H and O–H groups in total. The number of anilines is 2. The summed E-state index contributed by atoms with van der Waals surface area (Å²) in [5, 5.41) is 0. The van der Waals surface area contributed by atoms with Crippen molar-refractivity contribution in [2.45, 2.75) is 13.0 Å². The monoisotopic (exact) mass is 355 g/mol. The molecule has 0 fully saturated rings. The number of nitrogens with two attached hydrogens (primary N) is 2. The quantitative estimate of drug-likeness (QED) is 0.653. The second kappa shape index (κ2) is 7.64. The van der Waals surface area contributed by atoms with Gasteiger partial charge in [0.1, 0.15) is 12.4 Å². The average molecular weight is 355 g/mol. The van der Waals surface area contributed by atoms with E-state index < -0.39 is 5.95 Å². The number of benzene rings is 1. The van der Waals surface area contributed by atoms with Crippen molar-refractivity contribution >= 4 is 11.8 Å². The van der Waals surface area contributed by atoms with Crippen molar-refractivity contribution in [1.29, 1.82) is 0 Å². The fraction of sp³-hybridized carbons (Fsp3) is 0.167. The first-order chi connectivity index (χ1) is 12.6. The SMILES string of the molecule is COc1cc(Cc2cnc(N)nc2N)ccc1OCc1cccnc1F. The third-order valence-corrected chi connectivity index (χ3v) is 3.76. The predicted octanol–water partition coefficient (Wildman–Crippen LogP) is 2.35. The Hall–Kier alpha value is -3.42. The van der Waals surface area contributed by atoms with Crippen LogP contribution in [0.1, 0.15) is 16.7 Å². The van der Waals surface area contributed by atoms with Gasteiger partial charge in [-0.1, -0.05) is 6.07 Å². The van der Waals surface area contributed by atoms with Crippen LogP contribution in [0.15, 0.2) is 42.7 Å². The molecule has 0 spiro atoms. The van der Waals surface area contributed by atoms with Gasteiger partial charge in [-0.15, -0.1) is 0 Å². The highest BCUT2D eigenvalue weighted by atomic mass is 19.1. The molecule has 0 saturated carbocycles. The lowest BCUT2D eigenvalue weighted by Crippen LogP contribution is -2.04. The van der Waals surface area contributed by atoms with Crippen molar-refractivity contribution in [3.05, 3.63) is 65.4 Å². The first-order valence-corrected chi connectivity index (χ1v) is 7.83. The van der Waals surface area contributed by atoms with Gasteiger partial charge in [-0.2, -0.15) is 9.37 Å². The van der Waals surface area contributed by atoms with Crippen LogP contribution in [-0.2, 0) is 13.0 Å². The summed E-state index contributed by atoms with van der Waals surface area (Å²) < 4.78 is 24.6. The summed E-state index contributed by atoms with van der Waals surface area (Å²) in [4.78, 5) is 11.5. The number of aromatic nitrogens is 3. The third-order valence-electron chi connectivity index (χ3n) is 3.76. The highest BCUT2D eigenvalue weighted by molar-refractivity contribution is 5.48. The lowest BCUT2D eigenvalue weighted by atomic mass is 10.1. The zero-order chi connectivity index (χ0) is 18.5. The van der Waals surface area contributed by atoms with Gasteiger partial charge in [0.2, 0.25) is 11.9 Å². The Morgan fingerprint density at radius 1 is 1.08 bits per heavy atom. The summed E-state index contributed by atoms with van der Waals surface area (Å²) in [7, 11) is 1.54. The van der Waals surface area contributed by atoms with Gasteiger partial charge in [0.05, 0.1) is 7.11 Å². The van der Waals surface area contributed by atoms with Gasteiger partial charge in [-0.05, 0) is 29.8 Å². The number of pyridine rings is 1. The Kier molecular flexibility index (Phi) is 5.12. The summed E-state index contributed by atoms with van der Waals surface area (Å²) in [6, 6.07) is 8.73. The van der Waals surface area contributed by atoms with Crippen LogP contribution in [0.3, 0.4) is 0 Å². The minimum Gasteiger partial charge on any atom is -0.493 e. The molecule has 0 atom stereocenters. The normalized spacial score (nSPS) is 10.5. The van der Waals surface area contributed by atoms with E-state index in [2.05, 4.69) is 15.0 Å². The molecule has 0 aliphatic heterocycles. The first kappa shape index (κ1) is 17.4. The van der Waals surface area contributed by atoms with Crippen LogP contribution in [0.5, 0.6) is 11.5 Å². The minimum atomic E-state index is -0.554. The van der Waals surface area contributed by atoms with Crippen LogP contribution in [0, 0.1) is 5.95 Å². The van der Waals surface area contributed by atoms with E-state index in [1.165, 1.54) is 13.3 Å². The molecule has 0 aliphatic carbocycles. The molecule has 7 nitrogen and oxygen atoms in total. The van der Waals surface area contributed by atoms with E-state index in [4.69, 9.17) is 20.9 Å². The van der Waals surface area contributed by atoms with E-state index in [9.17, 15) is 4.39 Å². The Morgan fingerprint density at radius 3 is 2.65 bits per heavy atom. The predicted molar refractivity (Wildman–Crippen MR) is 95.2 cm³/mol. The Morgan fingerprint density at radius 2 is 1.92 bits per heavy atom. The zero-order valence-corrected chi connectivity index (χ0v) is 14.1. The van der Waals surface area contributed by atoms with Gasteiger partial charge in [-0.25, -0.2) is 9.97 Å². The standard InChI is InChI=1S/C18H18FN5O2/c1-25-15-8-11(7-13-9-23-18(21)24-17(13)20)4-5-14(15)26-10-12-3-2-6-22-16(12)19/h2-6,8-9H,7,10H2,1H3,(H4,20,21,23,24). The third kappa shape index (κ3) is 3.97. The maximum atomic E-state index is 13.6. The Labute approximate surface area is 149 Å². The zero-order valence-electron chi connectivity index (χ0n) is 14.1. The number of methoxy groups -OCH3 is 1. The molecule has 0 radical (unpaired) electrons. The van der Waals surface area contributed by atoms with Gasteiger partial charge in [0.25, 0.3) is 0 Å². The fourth-order valence-electron chi connectivity index (χ4n) is 2.41. The van der Waals surface area contributed by atoms with E-state index in [0.717, 1.165) is 11.1 Å². The highest BCUT2D eigenvalue weighted by Crippen LogP contribution is 2.30. The number of hydrogen-bond acceptors (Lipinski definition) is 7. The highest BCUT2D eigenvalue weighted by Gasteiger charge is 2.10. The van der Waals surface area contributed by atoms with Gasteiger partial charge in [0, 0.05) is 29.9 Å². The number of ether oxygens (including phenoxy) is 2. The second-order valence-corrected chi connectivity index (χ2v) is 5.54. The molecule has 0 aliphatic rings. The molecule has 134 valence electrons. The average Bonchev–Trinajstić information content (AvgIpc) is 2.64. The maximum absolute atomic E-state index is 13.6. The van der Waals surface area contributed by atoms with E-state index in [0.29, 0.717) is 29.3 Å². The fourth-order valence-corrected chi connectivity index (χ4v) is 2.41. The van der Waals surface area contributed by atoms with Crippen molar-refractivity contribution in [2.24, 2.45) is 0 Å². The molecule has 1 aromatic carbocycles. The minimum absolute atomic E-state index is 0.0497. The molecule has 0 unspecified atom stereocenters. The maximum Gasteiger partial charge on any atom is 0.221 e. The van der Waals surface area contributed by atoms with E-state index >= 15 is 0 Å². The summed E-state index contributed by atoms with van der Waals surface area (Å²) in [5.41, 5.74) is 13.4. The molecule has 3 rings (SSSR count). The molecular weight excluding hydrogens is 337 g/mol. The molecule has 3 aromatic rings. The summed E-state index contributed by atoms with van der Waals surface area (Å²) in [5.74, 6) is 0.948. The molecular formula is C18H18FN5O2. The Balaban J connectivity index is 1.76. The van der Waals surface area contributed by atoms with E-state index in [1.807, 2.05) is 12.1 Å². The summed E-state index contributed by atoms with van der Waals surface area (Å²) in [6.07, 6.45) is 3.50. The lowest BCUT2D eigenvalue weighted by Gasteiger charge is -2.13. The van der Waals surface area contributed by atoms with Crippen molar-refractivity contribution in [1.82, 2.24) is 15.0 Å². The number of halogens is 1. The molecule has 0 amide bonds. The number of rotatable bonds is 6. The van der Waals surface area contributed by atoms with Crippen LogP contribution in [-0.4, -0.2) is 22.1 Å². The topological polar surface area (TPSA) is 109 Å². The van der Waals surface area contributed by atoms with Crippen LogP contribution in [0.25, 0.3) is 0 Å². The van der Waals surface area contributed by atoms with Gasteiger partial charge in [0.15, 0.2) is 11.5 Å². The lowest BCUT2D eigenvalue weighted by molar-refractivity contribution is 0.278. The number of hydrogen-bond donors (Lipinski definition) is 2. The largest absolute Gasteiger partial charge is 0.493 e.